The molecular formula is O2Sr2Ti2+8. The Kier molecular flexibility index (Phi) is 278. The molecule has 0 atom stereocenters. The Morgan fingerprint density at radius 1 is 0.500 bits per heavy atom. The van der Waals surface area contributed by atoms with Gasteiger partial charge in [-0.25, -0.2) is 0 Å². The van der Waals surface area contributed by atoms with Crippen LogP contribution in [-0.4, -0.2) is 91.0 Å². The van der Waals surface area contributed by atoms with E-state index in [-0.39, 0.29) is 145 Å². The van der Waals surface area contributed by atoms with Crippen LogP contribution in [0.15, 0.2) is 0 Å². The Bertz CT molecular complexity index is 9.51. The summed E-state index contributed by atoms with van der Waals surface area (Å²) < 4.78 is 0. The summed E-state index contributed by atoms with van der Waals surface area (Å²) in [6, 6.07) is 0. The van der Waals surface area contributed by atoms with Crippen LogP contribution in [0.5, 0.6) is 0 Å². The average Bonchev–Trinajstić information content (AvgIpc) is 0. The van der Waals surface area contributed by atoms with E-state index in [0.717, 1.165) is 0 Å². The quantitative estimate of drug-likeness (QED) is 0.515. The number of hydrogen-bond acceptors (Lipinski definition) is 0. The summed E-state index contributed by atoms with van der Waals surface area (Å²) in [4.78, 5) is 0. The van der Waals surface area contributed by atoms with Crippen LogP contribution in [-0.2, 0) is 54.4 Å². The molecule has 0 aromatic carbocycles. The van der Waals surface area contributed by atoms with Crippen LogP contribution in [0.2, 0.25) is 0 Å². The summed E-state index contributed by atoms with van der Waals surface area (Å²) in [5.41, 5.74) is 0. The van der Waals surface area contributed by atoms with Crippen molar-refractivity contribution < 1.29 is 54.4 Å². The zero-order chi connectivity index (χ0) is 0. The van der Waals surface area contributed by atoms with Crippen molar-refractivity contribution in [3.05, 3.63) is 0 Å². The second kappa shape index (κ2) is 34.6. The van der Waals surface area contributed by atoms with Gasteiger partial charge in [-0.05, 0) is 0 Å². The van der Waals surface area contributed by atoms with Gasteiger partial charge in [-0.3, -0.25) is 0 Å². The molecule has 0 aromatic rings. The van der Waals surface area contributed by atoms with Gasteiger partial charge in [-0.2, -0.15) is 0 Å². The van der Waals surface area contributed by atoms with Crippen molar-refractivity contribution in [2.45, 2.75) is 0 Å². The summed E-state index contributed by atoms with van der Waals surface area (Å²) in [6.07, 6.45) is 0. The molecule has 0 bridgehead atoms. The van der Waals surface area contributed by atoms with Crippen molar-refractivity contribution in [2.24, 2.45) is 0 Å². The topological polar surface area (TPSA) is 57.0 Å². The second-order valence-corrected chi connectivity index (χ2v) is 0. The van der Waals surface area contributed by atoms with Crippen molar-refractivity contribution in [1.29, 1.82) is 0 Å². The second-order valence-electron chi connectivity index (χ2n) is 0. The molecule has 0 spiro atoms. The summed E-state index contributed by atoms with van der Waals surface area (Å²) in [5, 5.41) is 0. The van der Waals surface area contributed by atoms with Gasteiger partial charge in [0.15, 0.2) is 0 Å². The molecule has 2 nitrogen and oxygen atoms in total. The molecule has 0 radical (unpaired) electrons. The maximum absolute atomic E-state index is 0. The first kappa shape index (κ1) is 48.1. The van der Waals surface area contributed by atoms with Gasteiger partial charge in [0, 0.05) is 0 Å². The Morgan fingerprint density at radius 3 is 0.500 bits per heavy atom. The zero-order valence-electron chi connectivity index (χ0n) is 3.23. The van der Waals surface area contributed by atoms with Crippen molar-refractivity contribution in [3.63, 3.8) is 0 Å². The smallest absolute Gasteiger partial charge is 2.00 e. The summed E-state index contributed by atoms with van der Waals surface area (Å²) in [7, 11) is 0. The molecule has 0 fully saturated rings. The minimum absolute atomic E-state index is 0. The fourth-order valence-electron chi connectivity index (χ4n) is 0. The van der Waals surface area contributed by atoms with E-state index in [1.807, 2.05) is 0 Å². The van der Waals surface area contributed by atoms with Crippen LogP contribution in [0.25, 0.3) is 0 Å². The van der Waals surface area contributed by atoms with Crippen LogP contribution >= 0.6 is 0 Å². The van der Waals surface area contributed by atoms with Crippen molar-refractivity contribution in [3.8, 4) is 0 Å². The minimum atomic E-state index is 0. The molecule has 0 N–H and O–H groups in total. The van der Waals surface area contributed by atoms with E-state index in [1.165, 1.54) is 0 Å². The van der Waals surface area contributed by atoms with Gasteiger partial charge in [-0.1, -0.05) is 0 Å². The van der Waals surface area contributed by atoms with Crippen molar-refractivity contribution in [2.75, 3.05) is 0 Å². The largest absolute Gasteiger partial charge is 4.00 e. The van der Waals surface area contributed by atoms with Crippen molar-refractivity contribution in [1.82, 2.24) is 0 Å². The number of hydrogen-bond donors (Lipinski definition) is 0. The monoisotopic (exact) mass is 304 g/mol. The molecule has 0 amide bonds. The van der Waals surface area contributed by atoms with Crippen LogP contribution in [0.4, 0.5) is 0 Å². The first-order valence-corrected chi connectivity index (χ1v) is 0. The molecule has 0 heterocycles. The maximum atomic E-state index is 0. The molecule has 0 aromatic heterocycles. The molecule has 0 aliphatic heterocycles. The van der Waals surface area contributed by atoms with Crippen molar-refractivity contribution >= 4 is 91.0 Å². The molecule has 0 saturated heterocycles. The molecular weight excluding hydrogens is 303 g/mol. The molecule has 6 heavy (non-hydrogen) atoms. The fraction of sp³-hybridized carbons (Fsp3) is 0. The molecule has 0 aliphatic carbocycles. The van der Waals surface area contributed by atoms with Crippen LogP contribution < -0.4 is 0 Å². The zero-order valence-corrected chi connectivity index (χ0v) is 13.3. The van der Waals surface area contributed by atoms with Crippen LogP contribution in [0.3, 0.4) is 0 Å². The van der Waals surface area contributed by atoms with E-state index >= 15 is 0 Å². The van der Waals surface area contributed by atoms with Gasteiger partial charge in [0.1, 0.15) is 0 Å². The van der Waals surface area contributed by atoms with E-state index in [2.05, 4.69) is 0 Å². The molecule has 0 rings (SSSR count). The molecule has 0 saturated carbocycles. The average molecular weight is 303 g/mol. The van der Waals surface area contributed by atoms with E-state index in [4.69, 9.17) is 0 Å². The van der Waals surface area contributed by atoms with Crippen LogP contribution in [0.1, 0.15) is 0 Å². The van der Waals surface area contributed by atoms with Crippen LogP contribution in [0, 0.1) is 0 Å². The molecule has 0 unspecified atom stereocenters. The third-order valence-corrected chi connectivity index (χ3v) is 0. The predicted octanol–water partition coefficient (Wildman–Crippen LogP) is -1.00. The third kappa shape index (κ3) is 23.9. The van der Waals surface area contributed by atoms with E-state index < -0.39 is 0 Å². The maximum Gasteiger partial charge on any atom is 4.00 e. The van der Waals surface area contributed by atoms with Gasteiger partial charge in [0.2, 0.25) is 0 Å². The standard InChI is InChI=1S/2O.2Sr.2Ti/q2*-2;2*+2;2*+4. The SMILES string of the molecule is [O-2].[O-2].[Sr+2].[Sr+2].[Ti+4].[Ti+4]. The van der Waals surface area contributed by atoms with Gasteiger partial charge in [0.25, 0.3) is 0 Å². The first-order chi connectivity index (χ1) is 0. The van der Waals surface area contributed by atoms with Gasteiger partial charge in [-0.15, -0.1) is 0 Å². The molecule has 0 aliphatic rings. The fourth-order valence-corrected chi connectivity index (χ4v) is 0. The Hall–Kier alpha value is 4.31. The van der Waals surface area contributed by atoms with Gasteiger partial charge in [0.05, 0.1) is 0 Å². The molecule has 6 heteroatoms. The third-order valence-electron chi connectivity index (χ3n) is 0. The van der Waals surface area contributed by atoms with Gasteiger partial charge >= 0.3 is 134 Å². The van der Waals surface area contributed by atoms with Gasteiger partial charge < -0.3 is 11.0 Å². The van der Waals surface area contributed by atoms with E-state index in [9.17, 15) is 0 Å². The van der Waals surface area contributed by atoms with E-state index in [0.29, 0.717) is 0 Å². The predicted molar refractivity (Wildman–Crippen MR) is 12.9 cm³/mol. The molecule has 16 valence electrons. The first-order valence-electron chi connectivity index (χ1n) is 0. The van der Waals surface area contributed by atoms with E-state index in [1.54, 1.807) is 0 Å². The number of rotatable bonds is 0. The summed E-state index contributed by atoms with van der Waals surface area (Å²) in [6.45, 7) is 0. The Balaban J connectivity index is 0. The summed E-state index contributed by atoms with van der Waals surface area (Å²) in [5.74, 6) is 0. The Labute approximate surface area is 141 Å². The summed E-state index contributed by atoms with van der Waals surface area (Å²) >= 11 is 0. The Morgan fingerprint density at radius 2 is 0.500 bits per heavy atom. The minimum Gasteiger partial charge on any atom is -2.00 e. The normalized spacial score (nSPS) is 0.